The minimum atomic E-state index is -0.300. The first-order valence-electron chi connectivity index (χ1n) is 6.62. The Hall–Kier alpha value is -2.53. The minimum absolute atomic E-state index is 0.00418. The number of hydrogen-bond acceptors (Lipinski definition) is 5. The van der Waals surface area contributed by atoms with Crippen LogP contribution in [0.1, 0.15) is 20.7 Å². The number of carbonyl (C=O) groups excluding carboxylic acids is 2. The molecule has 22 heavy (non-hydrogen) atoms. The topological polar surface area (TPSA) is 69.4 Å². The van der Waals surface area contributed by atoms with Crippen LogP contribution in [0.4, 0.5) is 0 Å². The van der Waals surface area contributed by atoms with Gasteiger partial charge in [-0.2, -0.15) is 0 Å². The Bertz CT molecular complexity index is 794. The molecular weight excluding hydrogens is 298 g/mol. The summed E-state index contributed by atoms with van der Waals surface area (Å²) in [5.41, 5.74) is 6.67. The molecular formula is C17H13NO3S. The van der Waals surface area contributed by atoms with E-state index < -0.39 is 0 Å². The molecule has 0 aromatic heterocycles. The summed E-state index contributed by atoms with van der Waals surface area (Å²) in [4.78, 5) is 26.0. The Balaban J connectivity index is 1.97. The van der Waals surface area contributed by atoms with E-state index in [4.69, 9.17) is 10.5 Å². The number of fused-ring (bicyclic) bond motifs is 1. The van der Waals surface area contributed by atoms with Gasteiger partial charge >= 0.3 is 0 Å². The number of ether oxygens (including phenoxy) is 1. The minimum Gasteiger partial charge on any atom is -0.497 e. The van der Waals surface area contributed by atoms with E-state index in [0.29, 0.717) is 11.1 Å². The molecule has 0 saturated carbocycles. The van der Waals surface area contributed by atoms with Gasteiger partial charge in [0.15, 0.2) is 0 Å². The van der Waals surface area contributed by atoms with Gasteiger partial charge in [0.25, 0.3) is 0 Å². The van der Waals surface area contributed by atoms with E-state index in [9.17, 15) is 9.59 Å². The van der Waals surface area contributed by atoms with Gasteiger partial charge in [-0.25, -0.2) is 0 Å². The van der Waals surface area contributed by atoms with Crippen LogP contribution in [0, 0.1) is 0 Å². The second kappa shape index (κ2) is 5.69. The smallest absolute Gasteiger partial charge is 0.210 e. The lowest BCUT2D eigenvalue weighted by atomic mass is 9.93. The van der Waals surface area contributed by atoms with Gasteiger partial charge in [-0.05, 0) is 24.3 Å². The number of allylic oxidation sites excluding steroid dienone is 2. The van der Waals surface area contributed by atoms with E-state index in [-0.39, 0.29) is 22.2 Å². The van der Waals surface area contributed by atoms with Crippen LogP contribution in [-0.2, 0) is 0 Å². The molecule has 0 spiro atoms. The highest BCUT2D eigenvalue weighted by Crippen LogP contribution is 2.35. The maximum Gasteiger partial charge on any atom is 0.210 e. The number of ketones is 2. The highest BCUT2D eigenvalue weighted by atomic mass is 32.2. The molecule has 0 unspecified atom stereocenters. The standard InChI is InChI=1S/C17H13NO3S/c1-21-10-6-8-11(9-7-10)22-17-14(18)15(19)12-4-2-3-5-13(12)16(17)20/h2-9H,18H2,1H3. The molecule has 0 amide bonds. The number of Topliss-reactive ketones (excluding diaryl/α,β-unsaturated/α-hetero) is 2. The first-order valence-corrected chi connectivity index (χ1v) is 7.43. The van der Waals surface area contributed by atoms with Gasteiger partial charge in [0.05, 0.1) is 17.7 Å². The molecule has 4 nitrogen and oxygen atoms in total. The van der Waals surface area contributed by atoms with Crippen LogP contribution in [-0.4, -0.2) is 18.7 Å². The van der Waals surface area contributed by atoms with Crippen LogP contribution in [0.15, 0.2) is 64.0 Å². The highest BCUT2D eigenvalue weighted by molar-refractivity contribution is 8.04. The lowest BCUT2D eigenvalue weighted by Crippen LogP contribution is -2.25. The lowest BCUT2D eigenvalue weighted by molar-refractivity contribution is 0.0980. The maximum atomic E-state index is 12.6. The fourth-order valence-electron chi connectivity index (χ4n) is 2.23. The van der Waals surface area contributed by atoms with Gasteiger partial charge in [0.2, 0.25) is 11.6 Å². The van der Waals surface area contributed by atoms with E-state index >= 15 is 0 Å². The van der Waals surface area contributed by atoms with Gasteiger partial charge in [-0.3, -0.25) is 9.59 Å². The monoisotopic (exact) mass is 311 g/mol. The Labute approximate surface area is 132 Å². The maximum absolute atomic E-state index is 12.6. The van der Waals surface area contributed by atoms with Crippen molar-refractivity contribution >= 4 is 23.3 Å². The van der Waals surface area contributed by atoms with E-state index in [1.54, 1.807) is 43.5 Å². The molecule has 0 aliphatic heterocycles. The quantitative estimate of drug-likeness (QED) is 0.943. The molecule has 0 saturated heterocycles. The van der Waals surface area contributed by atoms with Crippen molar-refractivity contribution in [1.82, 2.24) is 0 Å². The van der Waals surface area contributed by atoms with Crippen LogP contribution in [0.5, 0.6) is 5.75 Å². The molecule has 0 radical (unpaired) electrons. The lowest BCUT2D eigenvalue weighted by Gasteiger charge is -2.18. The summed E-state index contributed by atoms with van der Waals surface area (Å²) in [5, 5.41) is 0. The van der Waals surface area contributed by atoms with E-state index in [1.165, 1.54) is 11.8 Å². The summed E-state index contributed by atoms with van der Waals surface area (Å²) >= 11 is 1.20. The fraction of sp³-hybridized carbons (Fsp3) is 0.0588. The highest BCUT2D eigenvalue weighted by Gasteiger charge is 2.30. The second-order valence-corrected chi connectivity index (χ2v) is 5.81. The van der Waals surface area contributed by atoms with Gasteiger partial charge in [-0.15, -0.1) is 0 Å². The van der Waals surface area contributed by atoms with Crippen LogP contribution in [0.25, 0.3) is 0 Å². The SMILES string of the molecule is COc1ccc(SC2=C(N)C(=O)c3ccccc3C2=O)cc1. The summed E-state index contributed by atoms with van der Waals surface area (Å²) in [6.45, 7) is 0. The van der Waals surface area contributed by atoms with Crippen molar-refractivity contribution in [2.24, 2.45) is 5.73 Å². The van der Waals surface area contributed by atoms with E-state index in [2.05, 4.69) is 0 Å². The first kappa shape index (κ1) is 14.4. The van der Waals surface area contributed by atoms with Crippen molar-refractivity contribution in [1.29, 1.82) is 0 Å². The predicted octanol–water partition coefficient (Wildman–Crippen LogP) is 3.04. The molecule has 0 heterocycles. The molecule has 0 bridgehead atoms. The van der Waals surface area contributed by atoms with Gasteiger partial charge in [0.1, 0.15) is 5.75 Å². The fourth-order valence-corrected chi connectivity index (χ4v) is 3.15. The van der Waals surface area contributed by atoms with Crippen LogP contribution in [0.3, 0.4) is 0 Å². The summed E-state index contributed by atoms with van der Waals surface area (Å²) < 4.78 is 5.10. The number of carbonyl (C=O) groups is 2. The Kier molecular flexibility index (Phi) is 3.73. The number of benzene rings is 2. The molecule has 110 valence electrons. The molecule has 0 fully saturated rings. The van der Waals surface area contributed by atoms with Crippen LogP contribution >= 0.6 is 11.8 Å². The Morgan fingerprint density at radius 3 is 2.09 bits per heavy atom. The molecule has 3 rings (SSSR count). The predicted molar refractivity (Wildman–Crippen MR) is 85.2 cm³/mol. The van der Waals surface area contributed by atoms with Gasteiger partial charge < -0.3 is 10.5 Å². The Morgan fingerprint density at radius 2 is 1.50 bits per heavy atom. The summed E-state index contributed by atoms with van der Waals surface area (Å²) in [6.07, 6.45) is 0. The van der Waals surface area contributed by atoms with Crippen LogP contribution < -0.4 is 10.5 Å². The zero-order chi connectivity index (χ0) is 15.7. The molecule has 0 atom stereocenters. The third-order valence-corrected chi connectivity index (χ3v) is 4.51. The van der Waals surface area contributed by atoms with E-state index in [1.807, 2.05) is 12.1 Å². The third-order valence-electron chi connectivity index (χ3n) is 3.39. The van der Waals surface area contributed by atoms with E-state index in [0.717, 1.165) is 10.6 Å². The number of thioether (sulfide) groups is 1. The molecule has 1 aliphatic carbocycles. The number of hydrogen-bond donors (Lipinski definition) is 1. The number of methoxy groups -OCH3 is 1. The Morgan fingerprint density at radius 1 is 0.909 bits per heavy atom. The zero-order valence-electron chi connectivity index (χ0n) is 11.8. The molecule has 2 aromatic carbocycles. The summed E-state index contributed by atoms with van der Waals surface area (Å²) in [6, 6.07) is 14.0. The van der Waals surface area contributed by atoms with Crippen molar-refractivity contribution in [3.8, 4) is 5.75 Å². The molecule has 2 N–H and O–H groups in total. The van der Waals surface area contributed by atoms with Crippen LogP contribution in [0.2, 0.25) is 0 Å². The summed E-state index contributed by atoms with van der Waals surface area (Å²) in [7, 11) is 1.59. The number of rotatable bonds is 3. The normalized spacial score (nSPS) is 14.0. The largest absolute Gasteiger partial charge is 0.497 e. The van der Waals surface area contributed by atoms with Crippen molar-refractivity contribution in [2.75, 3.05) is 7.11 Å². The zero-order valence-corrected chi connectivity index (χ0v) is 12.6. The molecule has 5 heteroatoms. The second-order valence-electron chi connectivity index (χ2n) is 4.72. The van der Waals surface area contributed by atoms with Gasteiger partial charge in [-0.1, -0.05) is 36.0 Å². The van der Waals surface area contributed by atoms with Gasteiger partial charge in [0, 0.05) is 16.0 Å². The average Bonchev–Trinajstić information content (AvgIpc) is 2.57. The molecule has 1 aliphatic rings. The van der Waals surface area contributed by atoms with Crippen molar-refractivity contribution < 1.29 is 14.3 Å². The van der Waals surface area contributed by atoms with Crippen molar-refractivity contribution in [3.05, 3.63) is 70.3 Å². The van der Waals surface area contributed by atoms with Crippen molar-refractivity contribution in [2.45, 2.75) is 4.90 Å². The molecule has 2 aromatic rings. The average molecular weight is 311 g/mol. The third kappa shape index (κ3) is 2.40. The summed E-state index contributed by atoms with van der Waals surface area (Å²) in [5.74, 6) is 0.211. The number of nitrogens with two attached hydrogens (primary N) is 1. The van der Waals surface area contributed by atoms with Crippen molar-refractivity contribution in [3.63, 3.8) is 0 Å². The first-order chi connectivity index (χ1) is 10.6.